The van der Waals surface area contributed by atoms with Crippen LogP contribution in [0.2, 0.25) is 0 Å². The second-order valence-corrected chi connectivity index (χ2v) is 4.80. The van der Waals surface area contributed by atoms with Gasteiger partial charge in [0.05, 0.1) is 0 Å². The summed E-state index contributed by atoms with van der Waals surface area (Å²) in [6.45, 7) is 0.342. The first-order chi connectivity index (χ1) is 10.6. The van der Waals surface area contributed by atoms with Crippen LogP contribution < -0.4 is 4.74 Å². The molecule has 0 amide bonds. The largest absolute Gasteiger partial charge is 0.507 e. The lowest BCUT2D eigenvalue weighted by Crippen LogP contribution is -1.99. The molecule has 0 atom stereocenters. The van der Waals surface area contributed by atoms with E-state index in [4.69, 9.17) is 9.84 Å². The van der Waals surface area contributed by atoms with E-state index in [0.717, 1.165) is 5.56 Å². The summed E-state index contributed by atoms with van der Waals surface area (Å²) in [5, 5.41) is 20.2. The molecule has 0 spiro atoms. The van der Waals surface area contributed by atoms with E-state index in [1.165, 1.54) is 12.1 Å². The summed E-state index contributed by atoms with van der Waals surface area (Å²) in [5.41, 5.74) is 0.794. The minimum atomic E-state index is -1.17. The highest BCUT2D eigenvalue weighted by molar-refractivity contribution is 5.99. The minimum absolute atomic E-state index is 0.128. The van der Waals surface area contributed by atoms with Crippen molar-refractivity contribution in [3.8, 4) is 11.5 Å². The van der Waals surface area contributed by atoms with E-state index in [1.54, 1.807) is 30.6 Å². The lowest BCUT2D eigenvalue weighted by atomic mass is 10.1. The molecule has 0 fully saturated rings. The molecule has 2 N–H and O–H groups in total. The van der Waals surface area contributed by atoms with Gasteiger partial charge in [-0.3, -0.25) is 4.98 Å². The van der Waals surface area contributed by atoms with Gasteiger partial charge in [0.25, 0.3) is 0 Å². The number of ether oxygens (including phenoxy) is 1. The summed E-state index contributed by atoms with van der Waals surface area (Å²) in [6, 6.07) is 11.9. The molecule has 0 aliphatic rings. The highest BCUT2D eigenvalue weighted by atomic mass is 16.5. The molecule has 5 nitrogen and oxygen atoms in total. The van der Waals surface area contributed by atoms with Crippen molar-refractivity contribution < 1.29 is 19.7 Å². The van der Waals surface area contributed by atoms with Gasteiger partial charge >= 0.3 is 5.97 Å². The van der Waals surface area contributed by atoms with Crippen molar-refractivity contribution in [2.24, 2.45) is 0 Å². The molecule has 0 saturated heterocycles. The van der Waals surface area contributed by atoms with Crippen LogP contribution in [-0.4, -0.2) is 21.2 Å². The van der Waals surface area contributed by atoms with Crippen molar-refractivity contribution in [2.75, 3.05) is 0 Å². The number of phenols is 1. The van der Waals surface area contributed by atoms with E-state index in [2.05, 4.69) is 4.98 Å². The van der Waals surface area contributed by atoms with Gasteiger partial charge in [-0.25, -0.2) is 4.79 Å². The van der Waals surface area contributed by atoms with Gasteiger partial charge < -0.3 is 14.9 Å². The third-order valence-electron chi connectivity index (χ3n) is 3.30. The number of pyridine rings is 1. The van der Waals surface area contributed by atoms with Crippen molar-refractivity contribution >= 4 is 16.7 Å². The lowest BCUT2D eigenvalue weighted by Gasteiger charge is -2.10. The number of aromatic hydroxyl groups is 1. The predicted octanol–water partition coefficient (Wildman–Crippen LogP) is 3.22. The molecular formula is C17H13NO4. The molecule has 1 aromatic heterocycles. The van der Waals surface area contributed by atoms with E-state index >= 15 is 0 Å². The topological polar surface area (TPSA) is 79.7 Å². The maximum absolute atomic E-state index is 11.1. The average molecular weight is 295 g/mol. The summed E-state index contributed by atoms with van der Waals surface area (Å²) in [4.78, 5) is 15.1. The SMILES string of the molecule is O=C(O)c1cc2cccc(OCc3cccnc3)c2cc1O. The first-order valence-corrected chi connectivity index (χ1v) is 6.66. The summed E-state index contributed by atoms with van der Waals surface area (Å²) >= 11 is 0. The molecule has 3 aromatic rings. The first kappa shape index (κ1) is 13.9. The molecule has 0 aliphatic carbocycles. The van der Waals surface area contributed by atoms with Crippen molar-refractivity contribution in [3.05, 3.63) is 66.0 Å². The van der Waals surface area contributed by atoms with E-state index in [0.29, 0.717) is 23.1 Å². The maximum atomic E-state index is 11.1. The summed E-state index contributed by atoms with van der Waals surface area (Å²) in [7, 11) is 0. The molecule has 3 rings (SSSR count). The molecule has 0 unspecified atom stereocenters. The molecule has 0 bridgehead atoms. The Kier molecular flexibility index (Phi) is 3.62. The Morgan fingerprint density at radius 1 is 1.18 bits per heavy atom. The molecule has 2 aromatic carbocycles. The third-order valence-corrected chi connectivity index (χ3v) is 3.30. The smallest absolute Gasteiger partial charge is 0.339 e. The number of carboxylic acids is 1. The Balaban J connectivity index is 1.96. The molecule has 1 heterocycles. The number of fused-ring (bicyclic) bond motifs is 1. The fraction of sp³-hybridized carbons (Fsp3) is 0.0588. The average Bonchev–Trinajstić information content (AvgIpc) is 2.53. The van der Waals surface area contributed by atoms with Gasteiger partial charge in [-0.2, -0.15) is 0 Å². The minimum Gasteiger partial charge on any atom is -0.507 e. The highest BCUT2D eigenvalue weighted by Gasteiger charge is 2.13. The predicted molar refractivity (Wildman–Crippen MR) is 81.1 cm³/mol. The zero-order valence-electron chi connectivity index (χ0n) is 11.6. The normalized spacial score (nSPS) is 10.5. The number of carboxylic acid groups (broad SMARTS) is 1. The number of carbonyl (C=O) groups is 1. The number of aromatic nitrogens is 1. The summed E-state index contributed by atoms with van der Waals surface area (Å²) in [5.74, 6) is -0.868. The van der Waals surface area contributed by atoms with Gasteiger partial charge in [0.2, 0.25) is 0 Å². The Morgan fingerprint density at radius 3 is 2.77 bits per heavy atom. The number of hydrogen-bond acceptors (Lipinski definition) is 4. The molecule has 22 heavy (non-hydrogen) atoms. The van der Waals surface area contributed by atoms with E-state index in [9.17, 15) is 9.90 Å². The van der Waals surface area contributed by atoms with Crippen LogP contribution in [0.4, 0.5) is 0 Å². The Hall–Kier alpha value is -3.08. The zero-order chi connectivity index (χ0) is 15.5. The van der Waals surface area contributed by atoms with Gasteiger partial charge in [-0.1, -0.05) is 18.2 Å². The Morgan fingerprint density at radius 2 is 2.05 bits per heavy atom. The van der Waals surface area contributed by atoms with Crippen molar-refractivity contribution in [3.63, 3.8) is 0 Å². The first-order valence-electron chi connectivity index (χ1n) is 6.66. The molecule has 0 saturated carbocycles. The van der Waals surface area contributed by atoms with Gasteiger partial charge in [0.1, 0.15) is 23.7 Å². The molecule has 5 heteroatoms. The molecular weight excluding hydrogens is 282 g/mol. The summed E-state index contributed by atoms with van der Waals surface area (Å²) < 4.78 is 5.76. The maximum Gasteiger partial charge on any atom is 0.339 e. The fourth-order valence-electron chi connectivity index (χ4n) is 2.23. The van der Waals surface area contributed by atoms with Crippen LogP contribution in [-0.2, 0) is 6.61 Å². The quantitative estimate of drug-likeness (QED) is 0.772. The number of aromatic carboxylic acids is 1. The van der Waals surface area contributed by atoms with Crippen molar-refractivity contribution in [1.29, 1.82) is 0 Å². The van der Waals surface area contributed by atoms with Gasteiger partial charge in [0.15, 0.2) is 0 Å². The van der Waals surface area contributed by atoms with Crippen LogP contribution >= 0.6 is 0 Å². The number of rotatable bonds is 4. The lowest BCUT2D eigenvalue weighted by molar-refractivity contribution is 0.0694. The third kappa shape index (κ3) is 2.69. The van der Waals surface area contributed by atoms with Crippen LogP contribution in [0, 0.1) is 0 Å². The van der Waals surface area contributed by atoms with Gasteiger partial charge in [-0.05, 0) is 29.7 Å². The number of benzene rings is 2. The standard InChI is InChI=1S/C17H13NO4/c19-15-8-13-12(7-14(15)17(20)21)4-1-5-16(13)22-10-11-3-2-6-18-9-11/h1-9,19H,10H2,(H,20,21). The van der Waals surface area contributed by atoms with Crippen LogP contribution in [0.1, 0.15) is 15.9 Å². The van der Waals surface area contributed by atoms with Crippen LogP contribution in [0.15, 0.2) is 54.9 Å². The molecule has 0 aliphatic heterocycles. The zero-order valence-corrected chi connectivity index (χ0v) is 11.6. The van der Waals surface area contributed by atoms with Crippen LogP contribution in [0.5, 0.6) is 11.5 Å². The van der Waals surface area contributed by atoms with Crippen LogP contribution in [0.3, 0.4) is 0 Å². The van der Waals surface area contributed by atoms with E-state index in [1.807, 2.05) is 12.1 Å². The number of hydrogen-bond donors (Lipinski definition) is 2. The highest BCUT2D eigenvalue weighted by Crippen LogP contribution is 2.32. The Labute approximate surface area is 126 Å². The van der Waals surface area contributed by atoms with E-state index < -0.39 is 5.97 Å². The molecule has 110 valence electrons. The van der Waals surface area contributed by atoms with Crippen molar-refractivity contribution in [1.82, 2.24) is 4.98 Å². The van der Waals surface area contributed by atoms with Crippen molar-refractivity contribution in [2.45, 2.75) is 6.61 Å². The molecule has 0 radical (unpaired) electrons. The van der Waals surface area contributed by atoms with Gasteiger partial charge in [-0.15, -0.1) is 0 Å². The number of nitrogens with zero attached hydrogens (tertiary/aromatic N) is 1. The summed E-state index contributed by atoms with van der Waals surface area (Å²) in [6.07, 6.45) is 3.40. The fourth-order valence-corrected chi connectivity index (χ4v) is 2.23. The monoisotopic (exact) mass is 295 g/mol. The second-order valence-electron chi connectivity index (χ2n) is 4.80. The second kappa shape index (κ2) is 5.73. The Bertz CT molecular complexity index is 831. The van der Waals surface area contributed by atoms with E-state index in [-0.39, 0.29) is 11.3 Å². The van der Waals surface area contributed by atoms with Gasteiger partial charge in [0, 0.05) is 23.3 Å². The van der Waals surface area contributed by atoms with Crippen LogP contribution in [0.25, 0.3) is 10.8 Å².